The van der Waals surface area contributed by atoms with Crippen LogP contribution >= 0.6 is 27.5 Å². The second-order valence-corrected chi connectivity index (χ2v) is 3.62. The number of aromatic carboxylic acids is 1. The Kier molecular flexibility index (Phi) is 3.87. The predicted octanol–water partition coefficient (Wildman–Crippen LogP) is 3.40. The van der Waals surface area contributed by atoms with Gasteiger partial charge in [-0.1, -0.05) is 11.6 Å². The summed E-state index contributed by atoms with van der Waals surface area (Å²) in [6.07, 6.45) is 0. The Morgan fingerprint density at radius 3 is 2.60 bits per heavy atom. The highest BCUT2D eigenvalue weighted by molar-refractivity contribution is 9.10. The maximum atomic E-state index is 11.9. The van der Waals surface area contributed by atoms with E-state index in [1.54, 1.807) is 0 Å². The number of carboxylic acid groups (broad SMARTS) is 1. The van der Waals surface area contributed by atoms with Gasteiger partial charge >= 0.3 is 12.6 Å². The average Bonchev–Trinajstić information content (AvgIpc) is 2.09. The van der Waals surface area contributed by atoms with Crippen LogP contribution in [0, 0.1) is 0 Å². The fourth-order valence-corrected chi connectivity index (χ4v) is 1.88. The van der Waals surface area contributed by atoms with Gasteiger partial charge in [0.15, 0.2) is 0 Å². The van der Waals surface area contributed by atoms with Crippen molar-refractivity contribution in [1.82, 2.24) is 0 Å². The third-order valence-corrected chi connectivity index (χ3v) is 2.59. The smallest absolute Gasteiger partial charge is 0.387 e. The number of rotatable bonds is 3. The first-order chi connectivity index (χ1) is 6.93. The van der Waals surface area contributed by atoms with E-state index in [1.165, 1.54) is 6.07 Å². The molecule has 1 aromatic rings. The van der Waals surface area contributed by atoms with E-state index in [2.05, 4.69) is 20.7 Å². The van der Waals surface area contributed by atoms with Gasteiger partial charge in [-0.25, -0.2) is 4.79 Å². The summed E-state index contributed by atoms with van der Waals surface area (Å²) in [7, 11) is 0. The van der Waals surface area contributed by atoms with E-state index >= 15 is 0 Å². The van der Waals surface area contributed by atoms with Gasteiger partial charge in [0, 0.05) is 0 Å². The molecule has 0 heterocycles. The Labute approximate surface area is 96.7 Å². The third-order valence-electron chi connectivity index (χ3n) is 1.49. The highest BCUT2D eigenvalue weighted by Gasteiger charge is 2.19. The molecule has 0 spiro atoms. The minimum Gasteiger partial charge on any atom is -0.478 e. The molecule has 0 bridgehead atoms. The van der Waals surface area contributed by atoms with Crippen molar-refractivity contribution in [2.24, 2.45) is 0 Å². The monoisotopic (exact) mass is 300 g/mol. The summed E-state index contributed by atoms with van der Waals surface area (Å²) in [4.78, 5) is 10.7. The van der Waals surface area contributed by atoms with Crippen LogP contribution in [0.15, 0.2) is 16.6 Å². The van der Waals surface area contributed by atoms with Crippen LogP contribution in [0.1, 0.15) is 10.4 Å². The molecule has 0 aromatic heterocycles. The quantitative estimate of drug-likeness (QED) is 0.930. The van der Waals surface area contributed by atoms with Crippen LogP contribution in [0.25, 0.3) is 0 Å². The largest absolute Gasteiger partial charge is 0.478 e. The van der Waals surface area contributed by atoms with E-state index in [-0.39, 0.29) is 20.8 Å². The Bertz CT molecular complexity index is 398. The normalized spacial score (nSPS) is 10.5. The molecule has 0 saturated heterocycles. The lowest BCUT2D eigenvalue weighted by Gasteiger charge is -2.09. The van der Waals surface area contributed by atoms with Crippen molar-refractivity contribution >= 4 is 33.5 Å². The Hall–Kier alpha value is -0.880. The van der Waals surface area contributed by atoms with Gasteiger partial charge in [0.25, 0.3) is 0 Å². The van der Waals surface area contributed by atoms with Crippen LogP contribution in [-0.2, 0) is 0 Å². The van der Waals surface area contributed by atoms with Gasteiger partial charge in [-0.3, -0.25) is 0 Å². The van der Waals surface area contributed by atoms with Crippen molar-refractivity contribution in [3.05, 3.63) is 27.2 Å². The molecule has 0 aliphatic carbocycles. The molecule has 0 fully saturated rings. The van der Waals surface area contributed by atoms with Crippen LogP contribution in [0.2, 0.25) is 5.02 Å². The molecule has 0 aliphatic rings. The molecule has 3 nitrogen and oxygen atoms in total. The van der Waals surface area contributed by atoms with E-state index in [1.807, 2.05) is 0 Å². The zero-order valence-corrected chi connectivity index (χ0v) is 9.35. The molecule has 0 amide bonds. The predicted molar refractivity (Wildman–Crippen MR) is 52.7 cm³/mol. The van der Waals surface area contributed by atoms with E-state index < -0.39 is 12.6 Å². The fourth-order valence-electron chi connectivity index (χ4n) is 0.916. The molecule has 0 unspecified atom stereocenters. The summed E-state index contributed by atoms with van der Waals surface area (Å²) in [5, 5.41) is 8.69. The summed E-state index contributed by atoms with van der Waals surface area (Å²) >= 11 is 8.42. The minimum atomic E-state index is -3.02. The molecule has 7 heteroatoms. The second-order valence-electron chi connectivity index (χ2n) is 2.42. The number of benzene rings is 1. The van der Waals surface area contributed by atoms with Crippen molar-refractivity contribution in [3.8, 4) is 5.75 Å². The van der Waals surface area contributed by atoms with Crippen molar-refractivity contribution in [1.29, 1.82) is 0 Å². The van der Waals surface area contributed by atoms with Gasteiger partial charge in [-0.05, 0) is 28.1 Å². The van der Waals surface area contributed by atoms with E-state index in [0.29, 0.717) is 0 Å². The van der Waals surface area contributed by atoms with Crippen molar-refractivity contribution in [2.75, 3.05) is 0 Å². The molecule has 0 saturated carbocycles. The molecular formula is C8H4BrClF2O3. The lowest BCUT2D eigenvalue weighted by atomic mass is 10.2. The summed E-state index contributed by atoms with van der Waals surface area (Å²) in [5.74, 6) is -1.60. The molecule has 15 heavy (non-hydrogen) atoms. The third kappa shape index (κ3) is 2.79. The first-order valence-corrected chi connectivity index (χ1v) is 4.76. The maximum absolute atomic E-state index is 11.9. The Morgan fingerprint density at radius 1 is 1.53 bits per heavy atom. The second kappa shape index (κ2) is 4.76. The van der Waals surface area contributed by atoms with Crippen LogP contribution in [0.4, 0.5) is 8.78 Å². The Morgan fingerprint density at radius 2 is 2.13 bits per heavy atom. The molecular weight excluding hydrogens is 297 g/mol. The Balaban J connectivity index is 3.22. The van der Waals surface area contributed by atoms with Crippen LogP contribution < -0.4 is 4.74 Å². The van der Waals surface area contributed by atoms with Gasteiger partial charge < -0.3 is 9.84 Å². The molecule has 1 aromatic carbocycles. The summed E-state index contributed by atoms with van der Waals surface area (Å²) in [6, 6.07) is 2.33. The van der Waals surface area contributed by atoms with Crippen LogP contribution in [-0.4, -0.2) is 17.7 Å². The van der Waals surface area contributed by atoms with Gasteiger partial charge in [-0.2, -0.15) is 8.78 Å². The van der Waals surface area contributed by atoms with Gasteiger partial charge in [0.1, 0.15) is 5.75 Å². The van der Waals surface area contributed by atoms with Gasteiger partial charge in [0.2, 0.25) is 0 Å². The molecule has 0 aliphatic heterocycles. The van der Waals surface area contributed by atoms with E-state index in [9.17, 15) is 13.6 Å². The first-order valence-electron chi connectivity index (χ1n) is 3.59. The number of ether oxygens (including phenoxy) is 1. The maximum Gasteiger partial charge on any atom is 0.387 e. The van der Waals surface area contributed by atoms with Crippen molar-refractivity contribution in [2.45, 2.75) is 6.61 Å². The minimum absolute atomic E-state index is 0.0593. The highest BCUT2D eigenvalue weighted by Crippen LogP contribution is 2.34. The first kappa shape index (κ1) is 12.2. The summed E-state index contributed by atoms with van der Waals surface area (Å²) in [5.41, 5.74) is -0.310. The highest BCUT2D eigenvalue weighted by atomic mass is 79.9. The van der Waals surface area contributed by atoms with Crippen molar-refractivity contribution in [3.63, 3.8) is 0 Å². The zero-order chi connectivity index (χ0) is 11.6. The van der Waals surface area contributed by atoms with Gasteiger partial charge in [-0.15, -0.1) is 0 Å². The van der Waals surface area contributed by atoms with Crippen LogP contribution in [0.5, 0.6) is 5.75 Å². The molecule has 0 atom stereocenters. The SMILES string of the molecule is O=C(O)c1c(Cl)ccc(OC(F)F)c1Br. The number of carbonyl (C=O) groups is 1. The van der Waals surface area contributed by atoms with E-state index in [4.69, 9.17) is 16.7 Å². The number of halogens is 4. The van der Waals surface area contributed by atoms with E-state index in [0.717, 1.165) is 6.07 Å². The van der Waals surface area contributed by atoms with Crippen LogP contribution in [0.3, 0.4) is 0 Å². The molecule has 1 N–H and O–H groups in total. The average molecular weight is 301 g/mol. The topological polar surface area (TPSA) is 46.5 Å². The molecule has 82 valence electrons. The zero-order valence-electron chi connectivity index (χ0n) is 7.01. The van der Waals surface area contributed by atoms with Crippen molar-refractivity contribution < 1.29 is 23.4 Å². The number of carboxylic acids is 1. The number of alkyl halides is 2. The number of hydrogen-bond acceptors (Lipinski definition) is 2. The van der Waals surface area contributed by atoms with Gasteiger partial charge in [0.05, 0.1) is 15.1 Å². The summed E-state index contributed by atoms with van der Waals surface area (Å²) in [6.45, 7) is -3.02. The fraction of sp³-hybridized carbons (Fsp3) is 0.125. The molecule has 1 rings (SSSR count). The molecule has 0 radical (unpaired) electrons. The standard InChI is InChI=1S/C8H4BrClF2O3/c9-6-4(15-8(11)12)2-1-3(10)5(6)7(13)14/h1-2,8H,(H,13,14). The number of hydrogen-bond donors (Lipinski definition) is 1. The lowest BCUT2D eigenvalue weighted by molar-refractivity contribution is -0.0504. The lowest BCUT2D eigenvalue weighted by Crippen LogP contribution is -2.06. The summed E-state index contributed by atoms with van der Waals surface area (Å²) < 4.78 is 27.8.